The van der Waals surface area contributed by atoms with Crippen LogP contribution in [-0.4, -0.2) is 18.6 Å². The van der Waals surface area contributed by atoms with Crippen molar-refractivity contribution in [3.63, 3.8) is 0 Å². The SMILES string of the molecule is CC1CC(C)N(c2ccc(CNC3CC3)cc2Cl)C1. The zero-order valence-electron chi connectivity index (χ0n) is 11.8. The van der Waals surface area contributed by atoms with Crippen LogP contribution in [0.5, 0.6) is 0 Å². The molecule has 0 bridgehead atoms. The van der Waals surface area contributed by atoms with E-state index < -0.39 is 0 Å². The van der Waals surface area contributed by atoms with Crippen molar-refractivity contribution < 1.29 is 0 Å². The van der Waals surface area contributed by atoms with Gasteiger partial charge in [0.1, 0.15) is 0 Å². The molecule has 2 aliphatic rings. The van der Waals surface area contributed by atoms with E-state index in [1.807, 2.05) is 0 Å². The van der Waals surface area contributed by atoms with Crippen LogP contribution in [0.25, 0.3) is 0 Å². The lowest BCUT2D eigenvalue weighted by Crippen LogP contribution is -2.27. The van der Waals surface area contributed by atoms with Gasteiger partial charge < -0.3 is 10.2 Å². The standard InChI is InChI=1S/C16H23ClN2/c1-11-7-12(2)19(10-11)16-6-3-13(8-15(16)17)9-18-14-4-5-14/h3,6,8,11-12,14,18H,4-5,7,9-10H2,1-2H3. The molecule has 3 heteroatoms. The van der Waals surface area contributed by atoms with E-state index in [0.29, 0.717) is 6.04 Å². The summed E-state index contributed by atoms with van der Waals surface area (Å²) in [7, 11) is 0. The van der Waals surface area contributed by atoms with Gasteiger partial charge in [0.2, 0.25) is 0 Å². The number of rotatable bonds is 4. The molecule has 2 nitrogen and oxygen atoms in total. The molecule has 0 radical (unpaired) electrons. The Bertz CT molecular complexity index is 456. The van der Waals surface area contributed by atoms with Gasteiger partial charge in [0.25, 0.3) is 0 Å². The van der Waals surface area contributed by atoms with Gasteiger partial charge in [-0.1, -0.05) is 24.6 Å². The minimum atomic E-state index is 0.600. The Morgan fingerprint density at radius 1 is 1.32 bits per heavy atom. The van der Waals surface area contributed by atoms with Crippen LogP contribution >= 0.6 is 11.6 Å². The van der Waals surface area contributed by atoms with Gasteiger partial charge in [-0.3, -0.25) is 0 Å². The van der Waals surface area contributed by atoms with Crippen molar-refractivity contribution in [1.82, 2.24) is 5.32 Å². The van der Waals surface area contributed by atoms with Crippen molar-refractivity contribution >= 4 is 17.3 Å². The van der Waals surface area contributed by atoms with Gasteiger partial charge in [0.15, 0.2) is 0 Å². The maximum absolute atomic E-state index is 6.48. The number of hydrogen-bond acceptors (Lipinski definition) is 2. The molecule has 0 amide bonds. The minimum absolute atomic E-state index is 0.600. The van der Waals surface area contributed by atoms with E-state index in [9.17, 15) is 0 Å². The first-order valence-corrected chi connectivity index (χ1v) is 7.79. The fourth-order valence-corrected chi connectivity index (χ4v) is 3.39. The van der Waals surface area contributed by atoms with Crippen molar-refractivity contribution in [3.8, 4) is 0 Å². The summed E-state index contributed by atoms with van der Waals surface area (Å²) >= 11 is 6.48. The molecule has 1 aliphatic heterocycles. The lowest BCUT2D eigenvalue weighted by molar-refractivity contribution is 0.625. The summed E-state index contributed by atoms with van der Waals surface area (Å²) < 4.78 is 0. The normalized spacial score (nSPS) is 27.0. The average Bonchev–Trinajstić information content (AvgIpc) is 3.12. The van der Waals surface area contributed by atoms with Crippen LogP contribution in [0.15, 0.2) is 18.2 Å². The molecule has 19 heavy (non-hydrogen) atoms. The van der Waals surface area contributed by atoms with E-state index in [1.54, 1.807) is 0 Å². The van der Waals surface area contributed by atoms with Crippen LogP contribution in [0.1, 0.15) is 38.7 Å². The molecule has 2 fully saturated rings. The lowest BCUT2D eigenvalue weighted by atomic mass is 10.1. The molecule has 1 saturated heterocycles. The molecule has 1 heterocycles. The van der Waals surface area contributed by atoms with E-state index in [1.165, 1.54) is 30.5 Å². The molecular weight excluding hydrogens is 256 g/mol. The number of nitrogens with zero attached hydrogens (tertiary/aromatic N) is 1. The third-order valence-electron chi connectivity index (χ3n) is 4.28. The fraction of sp³-hybridized carbons (Fsp3) is 0.625. The van der Waals surface area contributed by atoms with Crippen LogP contribution in [-0.2, 0) is 6.54 Å². The highest BCUT2D eigenvalue weighted by molar-refractivity contribution is 6.33. The molecule has 0 aromatic heterocycles. The Labute approximate surface area is 121 Å². The first-order chi connectivity index (χ1) is 9.13. The number of halogens is 1. The molecule has 1 aliphatic carbocycles. The van der Waals surface area contributed by atoms with Crippen molar-refractivity contribution in [2.24, 2.45) is 5.92 Å². The summed E-state index contributed by atoms with van der Waals surface area (Å²) in [6, 6.07) is 7.88. The quantitative estimate of drug-likeness (QED) is 0.901. The van der Waals surface area contributed by atoms with E-state index in [2.05, 4.69) is 42.3 Å². The van der Waals surface area contributed by atoms with E-state index in [4.69, 9.17) is 11.6 Å². The third kappa shape index (κ3) is 3.06. The summed E-state index contributed by atoms with van der Waals surface area (Å²) in [6.07, 6.45) is 3.92. The van der Waals surface area contributed by atoms with Crippen molar-refractivity contribution in [2.75, 3.05) is 11.4 Å². The number of nitrogens with one attached hydrogen (secondary N) is 1. The molecule has 2 unspecified atom stereocenters. The topological polar surface area (TPSA) is 15.3 Å². The first-order valence-electron chi connectivity index (χ1n) is 7.42. The molecular formula is C16H23ClN2. The maximum atomic E-state index is 6.48. The summed E-state index contributed by atoms with van der Waals surface area (Å²) in [4.78, 5) is 2.45. The Morgan fingerprint density at radius 3 is 2.68 bits per heavy atom. The highest BCUT2D eigenvalue weighted by atomic mass is 35.5. The van der Waals surface area contributed by atoms with Crippen molar-refractivity contribution in [3.05, 3.63) is 28.8 Å². The van der Waals surface area contributed by atoms with Gasteiger partial charge in [-0.05, 0) is 49.8 Å². The Morgan fingerprint density at radius 2 is 2.11 bits per heavy atom. The number of hydrogen-bond donors (Lipinski definition) is 1. The highest BCUT2D eigenvalue weighted by Gasteiger charge is 2.27. The lowest BCUT2D eigenvalue weighted by Gasteiger charge is -2.25. The van der Waals surface area contributed by atoms with Crippen LogP contribution in [0.4, 0.5) is 5.69 Å². The summed E-state index contributed by atoms with van der Waals surface area (Å²) in [6.45, 7) is 6.68. The average molecular weight is 279 g/mol. The van der Waals surface area contributed by atoms with Gasteiger partial charge in [0.05, 0.1) is 10.7 Å². The van der Waals surface area contributed by atoms with Gasteiger partial charge in [-0.25, -0.2) is 0 Å². The van der Waals surface area contributed by atoms with Crippen molar-refractivity contribution in [2.45, 2.75) is 51.7 Å². The molecule has 1 aromatic carbocycles. The summed E-state index contributed by atoms with van der Waals surface area (Å²) in [5.41, 5.74) is 2.49. The van der Waals surface area contributed by atoms with Crippen LogP contribution < -0.4 is 10.2 Å². The van der Waals surface area contributed by atoms with Crippen LogP contribution in [0, 0.1) is 5.92 Å². The fourth-order valence-electron chi connectivity index (χ4n) is 3.08. The van der Waals surface area contributed by atoms with Gasteiger partial charge >= 0.3 is 0 Å². The minimum Gasteiger partial charge on any atom is -0.367 e. The second kappa shape index (κ2) is 5.34. The smallest absolute Gasteiger partial charge is 0.0642 e. The zero-order chi connectivity index (χ0) is 13.4. The van der Waals surface area contributed by atoms with Crippen molar-refractivity contribution in [1.29, 1.82) is 0 Å². The molecule has 1 saturated carbocycles. The Kier molecular flexibility index (Phi) is 3.72. The van der Waals surface area contributed by atoms with Gasteiger partial charge in [-0.15, -0.1) is 0 Å². The van der Waals surface area contributed by atoms with Crippen LogP contribution in [0.3, 0.4) is 0 Å². The highest BCUT2D eigenvalue weighted by Crippen LogP contribution is 2.34. The number of benzene rings is 1. The second-order valence-electron chi connectivity index (χ2n) is 6.28. The van der Waals surface area contributed by atoms with E-state index >= 15 is 0 Å². The predicted molar refractivity (Wildman–Crippen MR) is 81.9 cm³/mol. The first kappa shape index (κ1) is 13.3. The van der Waals surface area contributed by atoms with Crippen LogP contribution in [0.2, 0.25) is 5.02 Å². The van der Waals surface area contributed by atoms with E-state index in [-0.39, 0.29) is 0 Å². The molecule has 104 valence electrons. The largest absolute Gasteiger partial charge is 0.367 e. The molecule has 3 rings (SSSR count). The van der Waals surface area contributed by atoms with E-state index in [0.717, 1.165) is 30.1 Å². The maximum Gasteiger partial charge on any atom is 0.0642 e. The molecule has 2 atom stereocenters. The molecule has 1 aromatic rings. The second-order valence-corrected chi connectivity index (χ2v) is 6.69. The Balaban J connectivity index is 1.71. The Hall–Kier alpha value is -0.730. The summed E-state index contributed by atoms with van der Waals surface area (Å²) in [5.74, 6) is 0.766. The van der Waals surface area contributed by atoms with Gasteiger partial charge in [0, 0.05) is 25.2 Å². The third-order valence-corrected chi connectivity index (χ3v) is 4.58. The molecule has 1 N–H and O–H groups in total. The summed E-state index contributed by atoms with van der Waals surface area (Å²) in [5, 5.41) is 4.43. The molecule has 0 spiro atoms. The zero-order valence-corrected chi connectivity index (χ0v) is 12.6. The monoisotopic (exact) mass is 278 g/mol. The number of anilines is 1. The predicted octanol–water partition coefficient (Wildman–Crippen LogP) is 3.83. The van der Waals surface area contributed by atoms with Gasteiger partial charge in [-0.2, -0.15) is 0 Å².